The van der Waals surface area contributed by atoms with E-state index in [1.165, 1.54) is 12.1 Å². The van der Waals surface area contributed by atoms with Crippen molar-refractivity contribution < 1.29 is 13.3 Å². The van der Waals surface area contributed by atoms with Gasteiger partial charge in [-0.05, 0) is 31.2 Å². The Bertz CT molecular complexity index is 1080. The van der Waals surface area contributed by atoms with Crippen molar-refractivity contribution >= 4 is 38.4 Å². The van der Waals surface area contributed by atoms with Gasteiger partial charge in [0.15, 0.2) is 0 Å². The lowest BCUT2D eigenvalue weighted by Crippen LogP contribution is -2.12. The molecule has 2 aromatic carbocycles. The van der Waals surface area contributed by atoms with E-state index in [1.54, 1.807) is 23.5 Å². The normalized spacial score (nSPS) is 11.3. The van der Waals surface area contributed by atoms with E-state index in [4.69, 9.17) is 5.14 Å². The van der Waals surface area contributed by atoms with Gasteiger partial charge in [-0.2, -0.15) is 0 Å². The number of rotatable bonds is 5. The number of anilines is 2. The quantitative estimate of drug-likeness (QED) is 0.507. The number of sulfonamides is 1. The zero-order chi connectivity index (χ0) is 18.9. The van der Waals surface area contributed by atoms with Crippen LogP contribution in [0.5, 0.6) is 0 Å². The molecule has 0 spiro atoms. The number of nitro groups is 1. The van der Waals surface area contributed by atoms with E-state index < -0.39 is 14.9 Å². The van der Waals surface area contributed by atoms with E-state index in [2.05, 4.69) is 10.3 Å². The fraction of sp³-hybridized carbons (Fsp3) is 0.0625. The minimum Gasteiger partial charge on any atom is -0.350 e. The van der Waals surface area contributed by atoms with Crippen LogP contribution in [0.15, 0.2) is 52.7 Å². The molecule has 8 nitrogen and oxygen atoms in total. The van der Waals surface area contributed by atoms with Crippen LogP contribution in [0.25, 0.3) is 11.3 Å². The molecular weight excluding hydrogens is 376 g/mol. The lowest BCUT2D eigenvalue weighted by atomic mass is 10.1. The van der Waals surface area contributed by atoms with Crippen molar-refractivity contribution in [1.29, 1.82) is 0 Å². The van der Waals surface area contributed by atoms with Crippen molar-refractivity contribution in [3.63, 3.8) is 0 Å². The van der Waals surface area contributed by atoms with Crippen LogP contribution in [-0.2, 0) is 10.0 Å². The van der Waals surface area contributed by atoms with Gasteiger partial charge in [-0.3, -0.25) is 10.1 Å². The second-order valence-corrected chi connectivity index (χ2v) is 8.06. The van der Waals surface area contributed by atoms with E-state index in [0.717, 1.165) is 22.3 Å². The van der Waals surface area contributed by atoms with Gasteiger partial charge in [0.05, 0.1) is 20.5 Å². The molecule has 26 heavy (non-hydrogen) atoms. The third kappa shape index (κ3) is 3.87. The fourth-order valence-corrected chi connectivity index (χ4v) is 3.48. The Labute approximate surface area is 153 Å². The van der Waals surface area contributed by atoms with Crippen LogP contribution in [0.4, 0.5) is 17.1 Å². The Morgan fingerprint density at radius 3 is 2.42 bits per heavy atom. The summed E-state index contributed by atoms with van der Waals surface area (Å²) < 4.78 is 22.8. The number of nitrogens with zero attached hydrogens (tertiary/aromatic N) is 2. The first-order valence-electron chi connectivity index (χ1n) is 7.35. The summed E-state index contributed by atoms with van der Waals surface area (Å²) in [6, 6.07) is 10.7. The van der Waals surface area contributed by atoms with Crippen LogP contribution in [0.3, 0.4) is 0 Å². The summed E-state index contributed by atoms with van der Waals surface area (Å²) in [4.78, 5) is 14.7. The lowest BCUT2D eigenvalue weighted by molar-refractivity contribution is -0.384. The number of nitrogens with one attached hydrogen (secondary N) is 1. The fourth-order valence-electron chi connectivity index (χ4n) is 2.32. The standard InChI is InChI=1S/C16H14N4O4S2/c1-10-18-15(9-25-10)11-2-4-12(5-3-11)19-14-7-6-13(26(17,23)24)8-16(14)20(21)22/h2-9,19H,1H3,(H2,17,23,24). The molecule has 0 bridgehead atoms. The topological polar surface area (TPSA) is 128 Å². The van der Waals surface area contributed by atoms with E-state index in [-0.39, 0.29) is 16.3 Å². The van der Waals surface area contributed by atoms with Gasteiger partial charge in [0.25, 0.3) is 5.69 Å². The average Bonchev–Trinajstić information content (AvgIpc) is 3.01. The lowest BCUT2D eigenvalue weighted by Gasteiger charge is -2.09. The summed E-state index contributed by atoms with van der Waals surface area (Å²) in [5, 5.41) is 22.1. The smallest absolute Gasteiger partial charge is 0.294 e. The predicted molar refractivity (Wildman–Crippen MR) is 100 cm³/mol. The zero-order valence-electron chi connectivity index (χ0n) is 13.5. The number of thiazole rings is 1. The highest BCUT2D eigenvalue weighted by molar-refractivity contribution is 7.89. The second kappa shape index (κ2) is 6.83. The molecule has 3 rings (SSSR count). The molecule has 0 aliphatic heterocycles. The summed E-state index contributed by atoms with van der Waals surface area (Å²) in [5.41, 5.74) is 2.20. The average molecular weight is 390 g/mol. The molecule has 3 N–H and O–H groups in total. The third-order valence-corrected chi connectivity index (χ3v) is 5.26. The van der Waals surface area contributed by atoms with Crippen LogP contribution >= 0.6 is 11.3 Å². The molecule has 134 valence electrons. The van der Waals surface area contributed by atoms with Crippen LogP contribution in [0.2, 0.25) is 0 Å². The molecule has 0 fully saturated rings. The summed E-state index contributed by atoms with van der Waals surface area (Å²) in [6.45, 7) is 1.93. The third-order valence-electron chi connectivity index (χ3n) is 3.57. The number of aryl methyl sites for hydroxylation is 1. The van der Waals surface area contributed by atoms with Crippen LogP contribution in [0.1, 0.15) is 5.01 Å². The monoisotopic (exact) mass is 390 g/mol. The van der Waals surface area contributed by atoms with Crippen LogP contribution < -0.4 is 10.5 Å². The Kier molecular flexibility index (Phi) is 4.72. The van der Waals surface area contributed by atoms with Gasteiger partial charge in [0, 0.05) is 22.7 Å². The highest BCUT2D eigenvalue weighted by atomic mass is 32.2. The number of aromatic nitrogens is 1. The molecule has 0 saturated carbocycles. The number of nitro benzene ring substituents is 1. The minimum absolute atomic E-state index is 0.166. The molecule has 1 heterocycles. The molecule has 0 saturated heterocycles. The first kappa shape index (κ1) is 18.0. The number of benzene rings is 2. The molecule has 0 aliphatic rings. The van der Waals surface area contributed by atoms with E-state index >= 15 is 0 Å². The molecule has 0 amide bonds. The zero-order valence-corrected chi connectivity index (χ0v) is 15.2. The highest BCUT2D eigenvalue weighted by Gasteiger charge is 2.19. The SMILES string of the molecule is Cc1nc(-c2ccc(Nc3ccc(S(N)(=O)=O)cc3[N+](=O)[O-])cc2)cs1. The number of hydrogen-bond donors (Lipinski definition) is 2. The highest BCUT2D eigenvalue weighted by Crippen LogP contribution is 2.31. The molecule has 1 aromatic heterocycles. The molecule has 10 heteroatoms. The largest absolute Gasteiger partial charge is 0.350 e. The van der Waals surface area contributed by atoms with Crippen molar-refractivity contribution in [3.8, 4) is 11.3 Å². The van der Waals surface area contributed by atoms with Crippen molar-refractivity contribution in [3.05, 3.63) is 63.0 Å². The van der Waals surface area contributed by atoms with Gasteiger partial charge in [-0.25, -0.2) is 18.5 Å². The molecule has 0 atom stereocenters. The van der Waals surface area contributed by atoms with Gasteiger partial charge in [0.1, 0.15) is 5.69 Å². The van der Waals surface area contributed by atoms with Crippen LogP contribution in [0, 0.1) is 17.0 Å². The summed E-state index contributed by atoms with van der Waals surface area (Å²) >= 11 is 1.55. The molecule has 0 unspecified atom stereocenters. The van der Waals surface area contributed by atoms with Crippen molar-refractivity contribution in [2.75, 3.05) is 5.32 Å². The summed E-state index contributed by atoms with van der Waals surface area (Å²) in [7, 11) is -4.02. The number of hydrogen-bond acceptors (Lipinski definition) is 7. The molecule has 0 aliphatic carbocycles. The maximum atomic E-state index is 11.4. The number of nitrogens with two attached hydrogens (primary N) is 1. The van der Waals surface area contributed by atoms with E-state index in [1.807, 2.05) is 24.4 Å². The Morgan fingerprint density at radius 2 is 1.88 bits per heavy atom. The van der Waals surface area contributed by atoms with Crippen molar-refractivity contribution in [2.45, 2.75) is 11.8 Å². The van der Waals surface area contributed by atoms with Gasteiger partial charge < -0.3 is 5.32 Å². The van der Waals surface area contributed by atoms with Gasteiger partial charge >= 0.3 is 0 Å². The van der Waals surface area contributed by atoms with E-state index in [0.29, 0.717) is 5.69 Å². The molecule has 3 aromatic rings. The first-order chi connectivity index (χ1) is 12.2. The summed E-state index contributed by atoms with van der Waals surface area (Å²) in [5.74, 6) is 0. The molecular formula is C16H14N4O4S2. The maximum absolute atomic E-state index is 11.4. The van der Waals surface area contributed by atoms with Gasteiger partial charge in [-0.1, -0.05) is 12.1 Å². The Balaban J connectivity index is 1.90. The van der Waals surface area contributed by atoms with E-state index in [9.17, 15) is 18.5 Å². The van der Waals surface area contributed by atoms with Gasteiger partial charge in [0.2, 0.25) is 10.0 Å². The minimum atomic E-state index is -4.02. The Hall–Kier alpha value is -2.82. The van der Waals surface area contributed by atoms with Crippen molar-refractivity contribution in [1.82, 2.24) is 4.98 Å². The molecule has 0 radical (unpaired) electrons. The van der Waals surface area contributed by atoms with Crippen molar-refractivity contribution in [2.24, 2.45) is 5.14 Å². The van der Waals surface area contributed by atoms with Crippen LogP contribution in [-0.4, -0.2) is 18.3 Å². The first-order valence-corrected chi connectivity index (χ1v) is 9.77. The second-order valence-electron chi connectivity index (χ2n) is 5.44. The summed E-state index contributed by atoms with van der Waals surface area (Å²) in [6.07, 6.45) is 0. The maximum Gasteiger partial charge on any atom is 0.294 e. The predicted octanol–water partition coefficient (Wildman–Crippen LogP) is 3.42. The number of primary sulfonamides is 1. The van der Waals surface area contributed by atoms with Gasteiger partial charge in [-0.15, -0.1) is 11.3 Å². The Morgan fingerprint density at radius 1 is 1.19 bits per heavy atom.